The van der Waals surface area contributed by atoms with Gasteiger partial charge in [-0.05, 0) is 44.7 Å². The Kier molecular flexibility index (Phi) is 5.53. The number of aromatic nitrogens is 1. The maximum absolute atomic E-state index is 12.7. The lowest BCUT2D eigenvalue weighted by Crippen LogP contribution is -2.37. The Balaban J connectivity index is 1.65. The van der Waals surface area contributed by atoms with E-state index in [9.17, 15) is 9.59 Å². The lowest BCUT2D eigenvalue weighted by atomic mass is 10.0. The summed E-state index contributed by atoms with van der Waals surface area (Å²) in [5.41, 5.74) is 2.41. The van der Waals surface area contributed by atoms with Crippen LogP contribution >= 0.6 is 0 Å². The number of carbonyl (C=O) groups excluding carboxylic acids is 1. The zero-order valence-electron chi connectivity index (χ0n) is 15.0. The van der Waals surface area contributed by atoms with Gasteiger partial charge in [0.05, 0.1) is 6.10 Å². The fraction of sp³-hybridized carbons (Fsp3) is 0.500. The number of hydrogen-bond acceptors (Lipinski definition) is 3. The lowest BCUT2D eigenvalue weighted by molar-refractivity contribution is -0.132. The molecule has 134 valence electrons. The van der Waals surface area contributed by atoms with Crippen LogP contribution in [-0.4, -0.2) is 42.1 Å². The van der Waals surface area contributed by atoms with E-state index in [1.807, 2.05) is 38.2 Å². The van der Waals surface area contributed by atoms with E-state index in [0.29, 0.717) is 30.3 Å². The van der Waals surface area contributed by atoms with Gasteiger partial charge in [-0.25, -0.2) is 0 Å². The molecule has 1 N–H and O–H groups in total. The van der Waals surface area contributed by atoms with E-state index >= 15 is 0 Å². The molecule has 1 aromatic carbocycles. The van der Waals surface area contributed by atoms with Gasteiger partial charge in [0, 0.05) is 48.8 Å². The fourth-order valence-corrected chi connectivity index (χ4v) is 3.48. The fourth-order valence-electron chi connectivity index (χ4n) is 3.48. The molecule has 1 aliphatic rings. The molecule has 3 rings (SSSR count). The molecule has 0 spiro atoms. The maximum Gasteiger partial charge on any atom is 0.222 e. The quantitative estimate of drug-likeness (QED) is 0.909. The number of para-hydroxylation sites is 1. The number of fused-ring (bicyclic) bond motifs is 1. The summed E-state index contributed by atoms with van der Waals surface area (Å²) in [6.07, 6.45) is 4.23. The number of pyridine rings is 1. The van der Waals surface area contributed by atoms with Gasteiger partial charge in [-0.1, -0.05) is 12.1 Å². The third kappa shape index (κ3) is 4.10. The predicted octanol–water partition coefficient (Wildman–Crippen LogP) is 2.80. The predicted molar refractivity (Wildman–Crippen MR) is 98.9 cm³/mol. The van der Waals surface area contributed by atoms with Crippen molar-refractivity contribution in [3.8, 4) is 0 Å². The molecule has 5 heteroatoms. The molecule has 1 aromatic heterocycles. The molecule has 1 saturated heterocycles. The Morgan fingerprint density at radius 2 is 2.12 bits per heavy atom. The summed E-state index contributed by atoms with van der Waals surface area (Å²) in [7, 11) is 1.82. The van der Waals surface area contributed by atoms with E-state index in [1.165, 1.54) is 6.42 Å². The highest BCUT2D eigenvalue weighted by Gasteiger charge is 2.19. The minimum absolute atomic E-state index is 0.0258. The van der Waals surface area contributed by atoms with Crippen molar-refractivity contribution in [2.75, 3.05) is 20.2 Å². The number of nitrogens with one attached hydrogen (secondary N) is 1. The van der Waals surface area contributed by atoms with E-state index in [4.69, 9.17) is 4.74 Å². The molecule has 1 aliphatic heterocycles. The Labute approximate surface area is 148 Å². The van der Waals surface area contributed by atoms with Crippen molar-refractivity contribution in [1.29, 1.82) is 0 Å². The number of nitrogens with zero attached hydrogens (tertiary/aromatic N) is 1. The first-order chi connectivity index (χ1) is 12.1. The highest BCUT2D eigenvalue weighted by molar-refractivity contribution is 5.80. The number of aryl methyl sites for hydroxylation is 1. The van der Waals surface area contributed by atoms with Gasteiger partial charge in [0.1, 0.15) is 0 Å². The Bertz CT molecular complexity index is 806. The number of rotatable bonds is 5. The average Bonchev–Trinajstić information content (AvgIpc) is 2.62. The number of benzene rings is 1. The van der Waals surface area contributed by atoms with Crippen LogP contribution in [0.4, 0.5) is 0 Å². The molecule has 0 aliphatic carbocycles. The van der Waals surface area contributed by atoms with Crippen LogP contribution in [0.3, 0.4) is 0 Å². The second-order valence-electron chi connectivity index (χ2n) is 6.87. The van der Waals surface area contributed by atoms with E-state index < -0.39 is 0 Å². The summed E-state index contributed by atoms with van der Waals surface area (Å²) >= 11 is 0. The number of H-pyrrole nitrogens is 1. The molecule has 0 radical (unpaired) electrons. The van der Waals surface area contributed by atoms with Crippen LogP contribution in [0.15, 0.2) is 29.1 Å². The maximum atomic E-state index is 12.7. The van der Waals surface area contributed by atoms with Gasteiger partial charge in [0.2, 0.25) is 5.91 Å². The number of ether oxygens (including phenoxy) is 1. The lowest BCUT2D eigenvalue weighted by Gasteiger charge is -2.27. The highest BCUT2D eigenvalue weighted by Crippen LogP contribution is 2.15. The van der Waals surface area contributed by atoms with Crippen LogP contribution in [0.1, 0.15) is 36.9 Å². The zero-order chi connectivity index (χ0) is 17.8. The Morgan fingerprint density at radius 3 is 2.88 bits per heavy atom. The molecule has 2 heterocycles. The summed E-state index contributed by atoms with van der Waals surface area (Å²) in [6.45, 7) is 3.32. The van der Waals surface area contributed by atoms with Crippen molar-refractivity contribution >= 4 is 16.8 Å². The largest absolute Gasteiger partial charge is 0.376 e. The van der Waals surface area contributed by atoms with Gasteiger partial charge in [-0.2, -0.15) is 0 Å². The summed E-state index contributed by atoms with van der Waals surface area (Å²) in [4.78, 5) is 30.1. The van der Waals surface area contributed by atoms with Crippen LogP contribution in [0, 0.1) is 6.92 Å². The standard InChI is InChI=1S/C20H26N2O3/c1-14-16(20(24)17-8-3-4-9-18(17)21-14)10-11-19(23)22(2)13-15-7-5-6-12-25-15/h3-4,8-9,15H,5-7,10-13H2,1-2H3,(H,21,24)/t15-/m0/s1. The highest BCUT2D eigenvalue weighted by atomic mass is 16.5. The summed E-state index contributed by atoms with van der Waals surface area (Å²) in [6, 6.07) is 7.49. The monoisotopic (exact) mass is 342 g/mol. The minimum Gasteiger partial charge on any atom is -0.376 e. The van der Waals surface area contributed by atoms with E-state index in [0.717, 1.165) is 30.7 Å². The Morgan fingerprint density at radius 1 is 1.32 bits per heavy atom. The summed E-state index contributed by atoms with van der Waals surface area (Å²) in [5.74, 6) is 0.0566. The van der Waals surface area contributed by atoms with Crippen LogP contribution in [0.25, 0.3) is 10.9 Å². The number of amides is 1. The first-order valence-corrected chi connectivity index (χ1v) is 9.02. The Hall–Kier alpha value is -2.14. The third-order valence-corrected chi connectivity index (χ3v) is 4.99. The molecule has 5 nitrogen and oxygen atoms in total. The van der Waals surface area contributed by atoms with Gasteiger partial charge >= 0.3 is 0 Å². The molecule has 25 heavy (non-hydrogen) atoms. The van der Waals surface area contributed by atoms with Gasteiger partial charge in [-0.15, -0.1) is 0 Å². The normalized spacial score (nSPS) is 17.6. The SMILES string of the molecule is Cc1[nH]c2ccccc2c(=O)c1CCC(=O)N(C)C[C@@H]1CCCCO1. The third-order valence-electron chi connectivity index (χ3n) is 4.99. The molecule has 0 saturated carbocycles. The van der Waals surface area contributed by atoms with Crippen molar-refractivity contribution in [3.63, 3.8) is 0 Å². The van der Waals surface area contributed by atoms with Crippen LogP contribution < -0.4 is 5.43 Å². The number of hydrogen-bond donors (Lipinski definition) is 1. The first kappa shape index (κ1) is 17.7. The number of carbonyl (C=O) groups is 1. The van der Waals surface area contributed by atoms with Crippen LogP contribution in [-0.2, 0) is 16.0 Å². The molecule has 1 atom stereocenters. The van der Waals surface area contributed by atoms with E-state index in [1.54, 1.807) is 4.90 Å². The van der Waals surface area contributed by atoms with E-state index in [2.05, 4.69) is 4.98 Å². The smallest absolute Gasteiger partial charge is 0.222 e. The molecule has 0 unspecified atom stereocenters. The van der Waals surface area contributed by atoms with Gasteiger partial charge in [0.15, 0.2) is 5.43 Å². The van der Waals surface area contributed by atoms with Gasteiger partial charge < -0.3 is 14.6 Å². The molecule has 1 fully saturated rings. The number of aromatic amines is 1. The minimum atomic E-state index is 0.0258. The summed E-state index contributed by atoms with van der Waals surface area (Å²) in [5, 5.41) is 0.680. The molecular weight excluding hydrogens is 316 g/mol. The van der Waals surface area contributed by atoms with E-state index in [-0.39, 0.29) is 17.4 Å². The van der Waals surface area contributed by atoms with Gasteiger partial charge in [0.25, 0.3) is 0 Å². The van der Waals surface area contributed by atoms with Crippen molar-refractivity contribution < 1.29 is 9.53 Å². The second kappa shape index (κ2) is 7.83. The van der Waals surface area contributed by atoms with Crippen LogP contribution in [0.2, 0.25) is 0 Å². The molecular formula is C20H26N2O3. The molecule has 1 amide bonds. The topological polar surface area (TPSA) is 62.4 Å². The number of likely N-dealkylation sites (N-methyl/N-ethyl adjacent to an activating group) is 1. The second-order valence-corrected chi connectivity index (χ2v) is 6.87. The van der Waals surface area contributed by atoms with Crippen molar-refractivity contribution in [2.24, 2.45) is 0 Å². The molecule has 2 aromatic rings. The summed E-state index contributed by atoms with van der Waals surface area (Å²) < 4.78 is 5.70. The van der Waals surface area contributed by atoms with Crippen molar-refractivity contribution in [3.05, 3.63) is 45.7 Å². The zero-order valence-corrected chi connectivity index (χ0v) is 15.0. The van der Waals surface area contributed by atoms with Crippen molar-refractivity contribution in [2.45, 2.75) is 45.1 Å². The molecule has 0 bridgehead atoms. The van der Waals surface area contributed by atoms with Gasteiger partial charge in [-0.3, -0.25) is 9.59 Å². The van der Waals surface area contributed by atoms with Crippen molar-refractivity contribution in [1.82, 2.24) is 9.88 Å². The van der Waals surface area contributed by atoms with Crippen LogP contribution in [0.5, 0.6) is 0 Å². The first-order valence-electron chi connectivity index (χ1n) is 9.02. The average molecular weight is 342 g/mol.